The van der Waals surface area contributed by atoms with Gasteiger partial charge in [0.05, 0.1) is 30.3 Å². The van der Waals surface area contributed by atoms with Gasteiger partial charge in [0.1, 0.15) is 5.75 Å². The average Bonchev–Trinajstić information content (AvgIpc) is 3.34. The molecule has 0 aliphatic heterocycles. The van der Waals surface area contributed by atoms with Gasteiger partial charge in [0.2, 0.25) is 0 Å². The number of nitrogens with zero attached hydrogens (tertiary/aromatic N) is 4. The van der Waals surface area contributed by atoms with Crippen LogP contribution in [0.15, 0.2) is 93.3 Å². The Bertz CT molecular complexity index is 1450. The summed E-state index contributed by atoms with van der Waals surface area (Å²) < 4.78 is 12.3. The van der Waals surface area contributed by atoms with Gasteiger partial charge in [0.25, 0.3) is 11.4 Å². The van der Waals surface area contributed by atoms with Crippen LogP contribution >= 0.6 is 11.8 Å². The number of hydrogen-bond acceptors (Lipinski definition) is 7. The SMILES string of the molecule is COc1ccc(-c2nc(CSc3nc4ccccc4c(=O)n3Cc3ccccc3)no2)cc1. The molecule has 0 amide bonds. The summed E-state index contributed by atoms with van der Waals surface area (Å²) in [6.07, 6.45) is 0. The lowest BCUT2D eigenvalue weighted by molar-refractivity contribution is 0.414. The fraction of sp³-hybridized carbons (Fsp3) is 0.120. The summed E-state index contributed by atoms with van der Waals surface area (Å²) in [7, 11) is 1.62. The number of ether oxygens (including phenoxy) is 1. The van der Waals surface area contributed by atoms with E-state index in [2.05, 4.69) is 10.1 Å². The van der Waals surface area contributed by atoms with Crippen molar-refractivity contribution in [3.05, 3.63) is 101 Å². The van der Waals surface area contributed by atoms with Gasteiger partial charge in [-0.2, -0.15) is 4.98 Å². The molecule has 0 unspecified atom stereocenters. The third-order valence-electron chi connectivity index (χ3n) is 5.15. The highest BCUT2D eigenvalue weighted by Gasteiger charge is 2.15. The van der Waals surface area contributed by atoms with Crippen LogP contribution < -0.4 is 10.3 Å². The zero-order valence-corrected chi connectivity index (χ0v) is 18.7. The summed E-state index contributed by atoms with van der Waals surface area (Å²) in [5.74, 6) is 2.13. The molecule has 3 aromatic carbocycles. The molecule has 0 saturated heterocycles. The van der Waals surface area contributed by atoms with E-state index in [1.807, 2.05) is 72.8 Å². The summed E-state index contributed by atoms with van der Waals surface area (Å²) in [6.45, 7) is 0.434. The van der Waals surface area contributed by atoms with E-state index in [0.29, 0.717) is 40.1 Å². The van der Waals surface area contributed by atoms with E-state index in [0.717, 1.165) is 16.9 Å². The Morgan fingerprint density at radius 1 is 0.939 bits per heavy atom. The number of aromatic nitrogens is 4. The van der Waals surface area contributed by atoms with Gasteiger partial charge in [0.15, 0.2) is 11.0 Å². The molecule has 2 heterocycles. The molecule has 0 saturated carbocycles. The normalized spacial score (nSPS) is 11.1. The Morgan fingerprint density at radius 2 is 1.70 bits per heavy atom. The van der Waals surface area contributed by atoms with Crippen LogP contribution in [0.4, 0.5) is 0 Å². The molecule has 33 heavy (non-hydrogen) atoms. The second kappa shape index (κ2) is 9.30. The molecular formula is C25H20N4O3S. The maximum atomic E-state index is 13.3. The van der Waals surface area contributed by atoms with E-state index in [9.17, 15) is 4.79 Å². The third kappa shape index (κ3) is 4.51. The monoisotopic (exact) mass is 456 g/mol. The first-order valence-electron chi connectivity index (χ1n) is 10.3. The van der Waals surface area contributed by atoms with Gasteiger partial charge in [0, 0.05) is 5.56 Å². The quantitative estimate of drug-likeness (QED) is 0.257. The zero-order chi connectivity index (χ0) is 22.6. The average molecular weight is 457 g/mol. The van der Waals surface area contributed by atoms with E-state index < -0.39 is 0 Å². The number of hydrogen-bond donors (Lipinski definition) is 0. The van der Waals surface area contributed by atoms with Crippen molar-refractivity contribution < 1.29 is 9.26 Å². The van der Waals surface area contributed by atoms with Crippen LogP contribution in [0.5, 0.6) is 5.75 Å². The summed E-state index contributed by atoms with van der Waals surface area (Å²) in [4.78, 5) is 22.5. The van der Waals surface area contributed by atoms with Gasteiger partial charge in [-0.3, -0.25) is 9.36 Å². The first-order valence-corrected chi connectivity index (χ1v) is 11.3. The number of fused-ring (bicyclic) bond motifs is 1. The van der Waals surface area contributed by atoms with Gasteiger partial charge in [-0.25, -0.2) is 4.98 Å². The smallest absolute Gasteiger partial charge is 0.262 e. The second-order valence-electron chi connectivity index (χ2n) is 7.32. The van der Waals surface area contributed by atoms with Crippen LogP contribution in [0, 0.1) is 0 Å². The minimum absolute atomic E-state index is 0.0704. The lowest BCUT2D eigenvalue weighted by Crippen LogP contribution is -2.24. The molecule has 0 spiro atoms. The van der Waals surface area contributed by atoms with Gasteiger partial charge < -0.3 is 9.26 Å². The summed E-state index contributed by atoms with van der Waals surface area (Å²) >= 11 is 1.41. The van der Waals surface area contributed by atoms with E-state index in [1.54, 1.807) is 17.7 Å². The zero-order valence-electron chi connectivity index (χ0n) is 17.8. The number of para-hydroxylation sites is 1. The van der Waals surface area contributed by atoms with Gasteiger partial charge in [-0.15, -0.1) is 0 Å². The number of benzene rings is 3. The van der Waals surface area contributed by atoms with Crippen molar-refractivity contribution in [3.63, 3.8) is 0 Å². The van der Waals surface area contributed by atoms with Crippen molar-refractivity contribution in [1.82, 2.24) is 19.7 Å². The van der Waals surface area contributed by atoms with Crippen molar-refractivity contribution in [3.8, 4) is 17.2 Å². The molecule has 164 valence electrons. The molecule has 0 fully saturated rings. The predicted molar refractivity (Wildman–Crippen MR) is 127 cm³/mol. The standard InChI is InChI=1S/C25H20N4O3S/c1-31-19-13-11-18(12-14-19)23-27-22(28-32-23)16-33-25-26-21-10-6-5-9-20(21)24(30)29(25)15-17-7-3-2-4-8-17/h2-14H,15-16H2,1H3. The van der Waals surface area contributed by atoms with Crippen LogP contribution in [0.1, 0.15) is 11.4 Å². The number of methoxy groups -OCH3 is 1. The van der Waals surface area contributed by atoms with Crippen LogP contribution in [0.25, 0.3) is 22.4 Å². The maximum absolute atomic E-state index is 13.3. The molecule has 0 radical (unpaired) electrons. The minimum Gasteiger partial charge on any atom is -0.497 e. The van der Waals surface area contributed by atoms with Crippen molar-refractivity contribution in [2.75, 3.05) is 7.11 Å². The predicted octanol–water partition coefficient (Wildman–Crippen LogP) is 4.80. The molecule has 0 bridgehead atoms. The Balaban J connectivity index is 1.43. The van der Waals surface area contributed by atoms with Crippen molar-refractivity contribution >= 4 is 22.7 Å². The van der Waals surface area contributed by atoms with E-state index in [1.165, 1.54) is 11.8 Å². The first-order chi connectivity index (χ1) is 16.2. The fourth-order valence-corrected chi connectivity index (χ4v) is 4.30. The highest BCUT2D eigenvalue weighted by molar-refractivity contribution is 7.98. The van der Waals surface area contributed by atoms with Crippen molar-refractivity contribution in [2.24, 2.45) is 0 Å². The lowest BCUT2D eigenvalue weighted by Gasteiger charge is -2.12. The Hall–Kier alpha value is -3.91. The Morgan fingerprint density at radius 3 is 2.48 bits per heavy atom. The molecule has 2 aromatic heterocycles. The molecule has 0 N–H and O–H groups in total. The third-order valence-corrected chi connectivity index (χ3v) is 6.12. The molecule has 5 rings (SSSR count). The largest absolute Gasteiger partial charge is 0.497 e. The first kappa shape index (κ1) is 21.0. The summed E-state index contributed by atoms with van der Waals surface area (Å²) in [5.41, 5.74) is 2.43. The number of rotatable bonds is 7. The highest BCUT2D eigenvalue weighted by Crippen LogP contribution is 2.25. The molecule has 5 aromatic rings. The van der Waals surface area contributed by atoms with Gasteiger partial charge >= 0.3 is 0 Å². The topological polar surface area (TPSA) is 83.0 Å². The maximum Gasteiger partial charge on any atom is 0.262 e. The van der Waals surface area contributed by atoms with E-state index in [-0.39, 0.29) is 5.56 Å². The highest BCUT2D eigenvalue weighted by atomic mass is 32.2. The van der Waals surface area contributed by atoms with E-state index in [4.69, 9.17) is 14.2 Å². The Labute approximate surface area is 194 Å². The summed E-state index contributed by atoms with van der Waals surface area (Å²) in [6, 6.07) is 24.7. The van der Waals surface area contributed by atoms with Crippen LogP contribution in [0.3, 0.4) is 0 Å². The van der Waals surface area contributed by atoms with Crippen LogP contribution in [-0.4, -0.2) is 26.8 Å². The molecular weight excluding hydrogens is 436 g/mol. The molecule has 8 heteroatoms. The molecule has 0 atom stereocenters. The van der Waals surface area contributed by atoms with Crippen molar-refractivity contribution in [2.45, 2.75) is 17.5 Å². The van der Waals surface area contributed by atoms with Gasteiger partial charge in [-0.1, -0.05) is 59.4 Å². The number of thioether (sulfide) groups is 1. The van der Waals surface area contributed by atoms with Crippen LogP contribution in [-0.2, 0) is 12.3 Å². The second-order valence-corrected chi connectivity index (χ2v) is 8.26. The summed E-state index contributed by atoms with van der Waals surface area (Å²) in [5, 5.41) is 5.30. The van der Waals surface area contributed by atoms with E-state index >= 15 is 0 Å². The van der Waals surface area contributed by atoms with Crippen LogP contribution in [0.2, 0.25) is 0 Å². The van der Waals surface area contributed by atoms with Gasteiger partial charge in [-0.05, 0) is 42.0 Å². The lowest BCUT2D eigenvalue weighted by atomic mass is 10.2. The molecule has 0 aliphatic carbocycles. The van der Waals surface area contributed by atoms with Crippen molar-refractivity contribution in [1.29, 1.82) is 0 Å². The minimum atomic E-state index is -0.0704. The Kier molecular flexibility index (Phi) is 5.91. The molecule has 7 nitrogen and oxygen atoms in total. The molecule has 0 aliphatic rings. The fourth-order valence-electron chi connectivity index (χ4n) is 3.46.